The van der Waals surface area contributed by atoms with E-state index < -0.39 is 0 Å². The summed E-state index contributed by atoms with van der Waals surface area (Å²) in [5.74, 6) is 0.558. The summed E-state index contributed by atoms with van der Waals surface area (Å²) in [6.45, 7) is 4.08. The zero-order valence-electron chi connectivity index (χ0n) is 14.4. The second-order valence-corrected chi connectivity index (χ2v) is 7.85. The number of rotatable bonds is 2. The molecule has 0 spiro atoms. The number of fused-ring (bicyclic) bond motifs is 2. The zero-order valence-corrected chi connectivity index (χ0v) is 15.3. The molecule has 0 aromatic carbocycles. The number of piperidine rings is 1. The van der Waals surface area contributed by atoms with Crippen LogP contribution >= 0.6 is 11.3 Å². The predicted octanol–water partition coefficient (Wildman–Crippen LogP) is 3.36. The summed E-state index contributed by atoms with van der Waals surface area (Å²) in [6, 6.07) is 4.18. The maximum Gasteiger partial charge on any atom is 0.194 e. The molecule has 26 heavy (non-hydrogen) atoms. The maximum atomic E-state index is 9.47. The first-order valence-corrected chi connectivity index (χ1v) is 9.62. The number of imidazole rings is 2. The molecule has 5 heterocycles. The van der Waals surface area contributed by atoms with E-state index in [1.165, 1.54) is 5.69 Å². The molecule has 1 aliphatic heterocycles. The third-order valence-electron chi connectivity index (χ3n) is 5.01. The molecule has 0 saturated carbocycles. The molecular formula is C19H18N6S. The van der Waals surface area contributed by atoms with Crippen LogP contribution in [0.1, 0.15) is 35.7 Å². The minimum absolute atomic E-state index is 0.558. The highest BCUT2D eigenvalue weighted by atomic mass is 32.1. The molecule has 6 nitrogen and oxygen atoms in total. The van der Waals surface area contributed by atoms with E-state index in [1.54, 1.807) is 11.3 Å². The van der Waals surface area contributed by atoms with Crippen molar-refractivity contribution in [3.63, 3.8) is 0 Å². The van der Waals surface area contributed by atoms with Crippen molar-refractivity contribution in [1.29, 1.82) is 5.26 Å². The van der Waals surface area contributed by atoms with Gasteiger partial charge in [0.1, 0.15) is 6.07 Å². The molecule has 0 unspecified atom stereocenters. The normalized spacial score (nSPS) is 15.7. The smallest absolute Gasteiger partial charge is 0.194 e. The molecule has 0 atom stereocenters. The van der Waals surface area contributed by atoms with Crippen LogP contribution in [0.3, 0.4) is 0 Å². The fourth-order valence-corrected chi connectivity index (χ4v) is 4.65. The van der Waals surface area contributed by atoms with E-state index in [0.29, 0.717) is 17.1 Å². The minimum atomic E-state index is 0.558. The lowest BCUT2D eigenvalue weighted by molar-refractivity contribution is 0.454. The average Bonchev–Trinajstić information content (AvgIpc) is 3.33. The van der Waals surface area contributed by atoms with Gasteiger partial charge in [-0.15, -0.1) is 0 Å². The predicted molar refractivity (Wildman–Crippen MR) is 102 cm³/mol. The standard InChI is InChI=1S/C19H18N6S/c1-12-8-24-9-15(6-14(7-20)18(24)22-12)17-11-25-10-16(23-19(25)26-17)13-2-4-21-5-3-13/h6,8-11,13,21H,2-5H2,1H3. The topological polar surface area (TPSA) is 70.4 Å². The lowest BCUT2D eigenvalue weighted by atomic mass is 9.95. The Balaban J connectivity index is 1.55. The van der Waals surface area contributed by atoms with Gasteiger partial charge in [0.25, 0.3) is 0 Å². The molecule has 5 rings (SSSR count). The van der Waals surface area contributed by atoms with E-state index in [4.69, 9.17) is 4.98 Å². The van der Waals surface area contributed by atoms with Gasteiger partial charge in [-0.2, -0.15) is 5.26 Å². The molecule has 0 amide bonds. The average molecular weight is 362 g/mol. The van der Waals surface area contributed by atoms with Crippen molar-refractivity contribution in [3.05, 3.63) is 47.8 Å². The molecule has 130 valence electrons. The lowest BCUT2D eigenvalue weighted by Gasteiger charge is -2.20. The summed E-state index contributed by atoms with van der Waals surface area (Å²) in [7, 11) is 0. The van der Waals surface area contributed by atoms with Gasteiger partial charge in [-0.1, -0.05) is 11.3 Å². The lowest BCUT2D eigenvalue weighted by Crippen LogP contribution is -2.26. The van der Waals surface area contributed by atoms with Crippen molar-refractivity contribution in [2.75, 3.05) is 13.1 Å². The Morgan fingerprint density at radius 2 is 2.00 bits per heavy atom. The molecule has 4 aromatic heterocycles. The second-order valence-electron chi connectivity index (χ2n) is 6.84. The Morgan fingerprint density at radius 3 is 2.77 bits per heavy atom. The summed E-state index contributed by atoms with van der Waals surface area (Å²) in [4.78, 5) is 11.4. The largest absolute Gasteiger partial charge is 0.317 e. The van der Waals surface area contributed by atoms with Crippen LogP contribution in [0.5, 0.6) is 0 Å². The quantitative estimate of drug-likeness (QED) is 0.594. The first-order chi connectivity index (χ1) is 12.7. The van der Waals surface area contributed by atoms with Gasteiger partial charge in [0.15, 0.2) is 10.6 Å². The number of nitriles is 1. The van der Waals surface area contributed by atoms with Gasteiger partial charge >= 0.3 is 0 Å². The number of nitrogens with zero attached hydrogens (tertiary/aromatic N) is 5. The number of thiazole rings is 1. The number of aromatic nitrogens is 4. The van der Waals surface area contributed by atoms with Crippen LogP contribution in [0.4, 0.5) is 0 Å². The summed E-state index contributed by atoms with van der Waals surface area (Å²) >= 11 is 1.66. The number of hydrogen-bond acceptors (Lipinski definition) is 5. The SMILES string of the molecule is Cc1cn2cc(-c3cn4cc(C5CCNCC5)nc4s3)cc(C#N)c2n1. The molecule has 1 aliphatic rings. The number of pyridine rings is 1. The van der Waals surface area contributed by atoms with Crippen LogP contribution in [-0.2, 0) is 0 Å². The number of aryl methyl sites for hydroxylation is 1. The van der Waals surface area contributed by atoms with E-state index in [2.05, 4.69) is 33.2 Å². The summed E-state index contributed by atoms with van der Waals surface area (Å²) in [6.07, 6.45) is 10.6. The summed E-state index contributed by atoms with van der Waals surface area (Å²) in [5, 5.41) is 12.9. The van der Waals surface area contributed by atoms with Crippen molar-refractivity contribution < 1.29 is 0 Å². The Morgan fingerprint density at radius 1 is 1.15 bits per heavy atom. The molecule has 0 radical (unpaired) electrons. The zero-order chi connectivity index (χ0) is 17.7. The second kappa shape index (κ2) is 5.94. The number of hydrogen-bond donors (Lipinski definition) is 1. The van der Waals surface area contributed by atoms with Gasteiger partial charge in [-0.3, -0.25) is 4.40 Å². The van der Waals surface area contributed by atoms with Crippen molar-refractivity contribution in [1.82, 2.24) is 24.1 Å². The Hall–Kier alpha value is -2.69. The molecule has 0 bridgehead atoms. The highest BCUT2D eigenvalue weighted by Gasteiger charge is 2.19. The third kappa shape index (κ3) is 2.50. The molecule has 4 aromatic rings. The van der Waals surface area contributed by atoms with Crippen molar-refractivity contribution in [3.8, 4) is 16.5 Å². The molecule has 1 saturated heterocycles. The molecule has 0 aliphatic carbocycles. The molecule has 7 heteroatoms. The van der Waals surface area contributed by atoms with Crippen LogP contribution in [-0.4, -0.2) is 31.9 Å². The first-order valence-electron chi connectivity index (χ1n) is 8.80. The van der Waals surface area contributed by atoms with Gasteiger partial charge in [-0.25, -0.2) is 9.97 Å². The van der Waals surface area contributed by atoms with E-state index in [1.807, 2.05) is 29.8 Å². The highest BCUT2D eigenvalue weighted by molar-refractivity contribution is 7.20. The fraction of sp³-hybridized carbons (Fsp3) is 0.316. The highest BCUT2D eigenvalue weighted by Crippen LogP contribution is 2.32. The van der Waals surface area contributed by atoms with Crippen LogP contribution in [0.25, 0.3) is 21.0 Å². The van der Waals surface area contributed by atoms with Gasteiger partial charge in [-0.05, 0) is 38.9 Å². The Labute approximate surface area is 154 Å². The van der Waals surface area contributed by atoms with Gasteiger partial charge < -0.3 is 9.72 Å². The molecule has 1 N–H and O–H groups in total. The van der Waals surface area contributed by atoms with Crippen LogP contribution in [0, 0.1) is 18.3 Å². The van der Waals surface area contributed by atoms with E-state index in [9.17, 15) is 5.26 Å². The van der Waals surface area contributed by atoms with Crippen LogP contribution in [0.2, 0.25) is 0 Å². The van der Waals surface area contributed by atoms with Crippen LogP contribution < -0.4 is 5.32 Å². The molecular weight excluding hydrogens is 344 g/mol. The van der Waals surface area contributed by atoms with Gasteiger partial charge in [0.05, 0.1) is 21.8 Å². The molecule has 1 fully saturated rings. The van der Waals surface area contributed by atoms with Gasteiger partial charge in [0, 0.05) is 36.3 Å². The fourth-order valence-electron chi connectivity index (χ4n) is 3.70. The van der Waals surface area contributed by atoms with E-state index >= 15 is 0 Å². The third-order valence-corrected chi connectivity index (χ3v) is 6.05. The summed E-state index contributed by atoms with van der Waals surface area (Å²) < 4.78 is 4.05. The van der Waals surface area contributed by atoms with Gasteiger partial charge in [0.2, 0.25) is 0 Å². The van der Waals surface area contributed by atoms with Crippen LogP contribution in [0.15, 0.2) is 30.9 Å². The van der Waals surface area contributed by atoms with E-state index in [-0.39, 0.29) is 0 Å². The monoisotopic (exact) mass is 362 g/mol. The maximum absolute atomic E-state index is 9.47. The summed E-state index contributed by atoms with van der Waals surface area (Å²) in [5.41, 5.74) is 4.43. The number of nitrogens with one attached hydrogen (secondary N) is 1. The first kappa shape index (κ1) is 15.6. The van der Waals surface area contributed by atoms with Crippen molar-refractivity contribution in [2.45, 2.75) is 25.7 Å². The Bertz CT molecular complexity index is 1120. The van der Waals surface area contributed by atoms with E-state index in [0.717, 1.165) is 47.0 Å². The van der Waals surface area contributed by atoms with Crippen molar-refractivity contribution in [2.24, 2.45) is 0 Å². The Kier molecular flexibility index (Phi) is 3.55. The minimum Gasteiger partial charge on any atom is -0.317 e. The van der Waals surface area contributed by atoms with Crippen molar-refractivity contribution >= 4 is 21.9 Å².